The molecule has 1 aromatic carbocycles. The van der Waals surface area contributed by atoms with Crippen molar-refractivity contribution in [3.63, 3.8) is 0 Å². The Hall–Kier alpha value is -0.625. The maximum absolute atomic E-state index is 13.0. The van der Waals surface area contributed by atoms with Crippen LogP contribution in [0.5, 0.6) is 5.75 Å². The van der Waals surface area contributed by atoms with Gasteiger partial charge >= 0.3 is 7.32 Å². The van der Waals surface area contributed by atoms with Crippen LogP contribution in [-0.4, -0.2) is 17.4 Å². The summed E-state index contributed by atoms with van der Waals surface area (Å²) in [5.41, 5.74) is 0. The monoisotopic (exact) mass is 260 g/mol. The van der Waals surface area contributed by atoms with E-state index >= 15 is 0 Å². The fourth-order valence-electron chi connectivity index (χ4n) is 0.794. The van der Waals surface area contributed by atoms with Crippen molar-refractivity contribution in [1.29, 1.82) is 0 Å². The minimum atomic E-state index is -2.43. The van der Waals surface area contributed by atoms with Gasteiger partial charge in [-0.15, -0.1) is 0 Å². The van der Waals surface area contributed by atoms with E-state index in [1.807, 2.05) is 0 Å². The highest BCUT2D eigenvalue weighted by Gasteiger charge is 2.27. The summed E-state index contributed by atoms with van der Waals surface area (Å²) in [7, 11) is -2.43. The molecule has 0 saturated carbocycles. The molecule has 0 aromatic heterocycles. The number of benzene rings is 1. The van der Waals surface area contributed by atoms with Gasteiger partial charge in [0.15, 0.2) is 17.4 Å². The third-order valence-electron chi connectivity index (χ3n) is 1.39. The van der Waals surface area contributed by atoms with Gasteiger partial charge in [-0.05, 0) is 0 Å². The largest absolute Gasteiger partial charge is 0.707 e. The first-order valence-corrected chi connectivity index (χ1v) is 4.16. The van der Waals surface area contributed by atoms with E-state index in [2.05, 4.69) is 4.65 Å². The summed E-state index contributed by atoms with van der Waals surface area (Å²) in [5.74, 6) is -6.47. The third-order valence-corrected chi connectivity index (χ3v) is 2.21. The standard InChI is InChI=1S/C6H2BCl2F3O3/c8-1-2(9)6(15-7(13)14)5(12)4(11)3(1)10/h13-14H. The summed E-state index contributed by atoms with van der Waals surface area (Å²) in [6.07, 6.45) is 0. The highest BCUT2D eigenvalue weighted by molar-refractivity contribution is 6.43. The van der Waals surface area contributed by atoms with Crippen molar-refractivity contribution in [2.45, 2.75) is 0 Å². The molecule has 0 unspecified atom stereocenters. The maximum atomic E-state index is 13.0. The Morgan fingerprint density at radius 2 is 1.47 bits per heavy atom. The molecule has 0 fully saturated rings. The quantitative estimate of drug-likeness (QED) is 0.484. The van der Waals surface area contributed by atoms with Gasteiger partial charge in [0.1, 0.15) is 10.0 Å². The van der Waals surface area contributed by atoms with E-state index in [0.717, 1.165) is 0 Å². The molecular formula is C6H2BCl2F3O3. The molecule has 0 amide bonds. The summed E-state index contributed by atoms with van der Waals surface area (Å²) < 4.78 is 42.5. The molecule has 0 aliphatic carbocycles. The molecule has 82 valence electrons. The maximum Gasteiger partial charge on any atom is 0.707 e. The molecule has 0 atom stereocenters. The van der Waals surface area contributed by atoms with E-state index < -0.39 is 40.6 Å². The summed E-state index contributed by atoms with van der Waals surface area (Å²) in [4.78, 5) is 0. The van der Waals surface area contributed by atoms with Crippen LogP contribution in [-0.2, 0) is 0 Å². The zero-order valence-electron chi connectivity index (χ0n) is 6.77. The zero-order valence-corrected chi connectivity index (χ0v) is 8.28. The smallest absolute Gasteiger partial charge is 0.508 e. The minimum Gasteiger partial charge on any atom is -0.508 e. The average molecular weight is 261 g/mol. The Balaban J connectivity index is 3.39. The molecule has 2 N–H and O–H groups in total. The van der Waals surface area contributed by atoms with Gasteiger partial charge in [0.05, 0.1) is 0 Å². The normalized spacial score (nSPS) is 10.3. The second-order valence-corrected chi connectivity index (χ2v) is 3.10. The molecule has 0 radical (unpaired) electrons. The van der Waals surface area contributed by atoms with Crippen LogP contribution in [0.4, 0.5) is 13.2 Å². The van der Waals surface area contributed by atoms with Crippen LogP contribution in [0.25, 0.3) is 0 Å². The lowest BCUT2D eigenvalue weighted by Gasteiger charge is -2.10. The van der Waals surface area contributed by atoms with E-state index in [0.29, 0.717) is 0 Å². The van der Waals surface area contributed by atoms with Gasteiger partial charge in [-0.3, -0.25) is 0 Å². The molecule has 0 aliphatic heterocycles. The molecule has 0 bridgehead atoms. The molecule has 0 heterocycles. The van der Waals surface area contributed by atoms with Gasteiger partial charge in [0, 0.05) is 0 Å². The molecule has 3 nitrogen and oxygen atoms in total. The van der Waals surface area contributed by atoms with E-state index in [-0.39, 0.29) is 0 Å². The van der Waals surface area contributed by atoms with Crippen molar-refractivity contribution >= 4 is 30.5 Å². The number of rotatable bonds is 2. The van der Waals surface area contributed by atoms with Crippen LogP contribution in [0.3, 0.4) is 0 Å². The Bertz CT molecular complexity index is 373. The van der Waals surface area contributed by atoms with Crippen LogP contribution in [0.15, 0.2) is 0 Å². The lowest BCUT2D eigenvalue weighted by atomic mass is 10.2. The van der Waals surface area contributed by atoms with Gasteiger partial charge in [-0.1, -0.05) is 23.2 Å². The highest BCUT2D eigenvalue weighted by atomic mass is 35.5. The fraction of sp³-hybridized carbons (Fsp3) is 0. The molecule has 0 spiro atoms. The molecule has 1 aromatic rings. The van der Waals surface area contributed by atoms with E-state index in [1.165, 1.54) is 0 Å². The fourth-order valence-corrected chi connectivity index (χ4v) is 1.17. The molecule has 1 rings (SSSR count). The lowest BCUT2D eigenvalue weighted by Crippen LogP contribution is -2.22. The third kappa shape index (κ3) is 2.31. The highest BCUT2D eigenvalue weighted by Crippen LogP contribution is 2.38. The Labute approximate surface area is 92.2 Å². The summed E-state index contributed by atoms with van der Waals surface area (Å²) in [6, 6.07) is 0. The molecule has 0 aliphatic rings. The second-order valence-electron chi connectivity index (χ2n) is 2.34. The minimum absolute atomic E-state index is 0.791. The van der Waals surface area contributed by atoms with Crippen LogP contribution in [0.2, 0.25) is 10.0 Å². The Morgan fingerprint density at radius 3 is 1.93 bits per heavy atom. The Morgan fingerprint density at radius 1 is 0.933 bits per heavy atom. The van der Waals surface area contributed by atoms with Crippen molar-refractivity contribution in [2.24, 2.45) is 0 Å². The summed E-state index contributed by atoms with van der Waals surface area (Å²) >= 11 is 10.5. The number of halogens is 5. The molecular weight excluding hydrogens is 259 g/mol. The molecule has 0 saturated heterocycles. The first-order chi connectivity index (χ1) is 6.86. The first-order valence-electron chi connectivity index (χ1n) is 3.40. The van der Waals surface area contributed by atoms with Crippen LogP contribution in [0.1, 0.15) is 0 Å². The van der Waals surface area contributed by atoms with Gasteiger partial charge in [-0.25, -0.2) is 8.78 Å². The van der Waals surface area contributed by atoms with Crippen molar-refractivity contribution in [3.8, 4) is 5.75 Å². The zero-order chi connectivity index (χ0) is 11.7. The predicted octanol–water partition coefficient (Wildman–Crippen LogP) is 1.76. The van der Waals surface area contributed by atoms with E-state index in [4.69, 9.17) is 33.2 Å². The first kappa shape index (κ1) is 12.4. The van der Waals surface area contributed by atoms with Gasteiger partial charge < -0.3 is 14.7 Å². The predicted molar refractivity (Wildman–Crippen MR) is 47.2 cm³/mol. The average Bonchev–Trinajstić information content (AvgIpc) is 2.18. The van der Waals surface area contributed by atoms with E-state index in [9.17, 15) is 13.2 Å². The molecule has 9 heteroatoms. The molecule has 15 heavy (non-hydrogen) atoms. The Kier molecular flexibility index (Phi) is 3.72. The SMILES string of the molecule is OB(O)Oc1c(F)c(F)c(F)c(Cl)c1Cl. The van der Waals surface area contributed by atoms with Gasteiger partial charge in [0.25, 0.3) is 0 Å². The van der Waals surface area contributed by atoms with Gasteiger partial charge in [-0.2, -0.15) is 4.39 Å². The lowest BCUT2D eigenvalue weighted by molar-refractivity contribution is 0.278. The number of hydrogen-bond acceptors (Lipinski definition) is 3. The summed E-state index contributed by atoms with van der Waals surface area (Å²) in [5, 5.41) is 15.0. The van der Waals surface area contributed by atoms with Crippen LogP contribution in [0, 0.1) is 17.5 Å². The van der Waals surface area contributed by atoms with Crippen LogP contribution < -0.4 is 4.65 Å². The van der Waals surface area contributed by atoms with E-state index in [1.54, 1.807) is 0 Å². The van der Waals surface area contributed by atoms with Gasteiger partial charge in [0.2, 0.25) is 5.82 Å². The van der Waals surface area contributed by atoms with Crippen molar-refractivity contribution < 1.29 is 27.9 Å². The van der Waals surface area contributed by atoms with Crippen molar-refractivity contribution in [1.82, 2.24) is 0 Å². The van der Waals surface area contributed by atoms with Crippen LogP contribution >= 0.6 is 23.2 Å². The van der Waals surface area contributed by atoms with Crippen molar-refractivity contribution in [2.75, 3.05) is 0 Å². The topological polar surface area (TPSA) is 49.7 Å². The summed E-state index contributed by atoms with van der Waals surface area (Å²) in [6.45, 7) is 0. The number of hydrogen-bond donors (Lipinski definition) is 2. The van der Waals surface area contributed by atoms with Crippen molar-refractivity contribution in [3.05, 3.63) is 27.5 Å². The second kappa shape index (κ2) is 4.48.